The van der Waals surface area contributed by atoms with Crippen LogP contribution in [0.15, 0.2) is 30.3 Å². The van der Waals surface area contributed by atoms with Gasteiger partial charge < -0.3 is 5.11 Å². The molecule has 0 saturated carbocycles. The van der Waals surface area contributed by atoms with Crippen LogP contribution in [0.25, 0.3) is 0 Å². The molecule has 0 aliphatic carbocycles. The number of rotatable bonds is 4. The molecule has 1 aromatic rings. The Morgan fingerprint density at radius 3 is 2.76 bits per heavy atom. The van der Waals surface area contributed by atoms with Gasteiger partial charge in [0.15, 0.2) is 0 Å². The number of benzene rings is 1. The van der Waals surface area contributed by atoms with Crippen molar-refractivity contribution < 1.29 is 9.90 Å². The zero-order chi connectivity index (χ0) is 12.3. The summed E-state index contributed by atoms with van der Waals surface area (Å²) in [5.41, 5.74) is 1.37. The summed E-state index contributed by atoms with van der Waals surface area (Å²) in [5.74, 6) is -0.152. The molecule has 3 heteroatoms. The van der Waals surface area contributed by atoms with Crippen molar-refractivity contribution in [1.82, 2.24) is 4.90 Å². The molecule has 1 saturated heterocycles. The van der Waals surface area contributed by atoms with Gasteiger partial charge in [-0.1, -0.05) is 30.3 Å². The summed E-state index contributed by atoms with van der Waals surface area (Å²) in [7, 11) is 0. The Labute approximate surface area is 102 Å². The van der Waals surface area contributed by atoms with Crippen LogP contribution in [0, 0.1) is 0 Å². The molecule has 0 bridgehead atoms. The van der Waals surface area contributed by atoms with Crippen molar-refractivity contribution >= 4 is 5.97 Å². The Hall–Kier alpha value is -1.35. The fourth-order valence-corrected chi connectivity index (χ4v) is 2.62. The third-order valence-electron chi connectivity index (χ3n) is 3.59. The van der Waals surface area contributed by atoms with Gasteiger partial charge in [-0.15, -0.1) is 0 Å². The van der Waals surface area contributed by atoms with Gasteiger partial charge in [-0.05, 0) is 24.8 Å². The Balaban J connectivity index is 1.95. The first kappa shape index (κ1) is 12.1. The second kappa shape index (κ2) is 5.32. The minimum absolute atomic E-state index is 0.242. The SMILES string of the molecule is C[C@H]1C[C@@H](c2ccccc2)CN1CCC(=O)O. The van der Waals surface area contributed by atoms with Crippen LogP contribution in [0.5, 0.6) is 0 Å². The van der Waals surface area contributed by atoms with E-state index in [1.807, 2.05) is 6.07 Å². The fourth-order valence-electron chi connectivity index (χ4n) is 2.62. The summed E-state index contributed by atoms with van der Waals surface area (Å²) in [6.07, 6.45) is 1.37. The highest BCUT2D eigenvalue weighted by atomic mass is 16.4. The quantitative estimate of drug-likeness (QED) is 0.867. The number of aliphatic carboxylic acids is 1. The van der Waals surface area contributed by atoms with E-state index in [1.54, 1.807) is 0 Å². The third kappa shape index (κ3) is 3.07. The van der Waals surface area contributed by atoms with Gasteiger partial charge in [0.1, 0.15) is 0 Å². The van der Waals surface area contributed by atoms with Crippen molar-refractivity contribution in [2.75, 3.05) is 13.1 Å². The first-order valence-electron chi connectivity index (χ1n) is 6.17. The number of nitrogens with zero attached hydrogens (tertiary/aromatic N) is 1. The van der Waals surface area contributed by atoms with Gasteiger partial charge in [-0.3, -0.25) is 9.69 Å². The van der Waals surface area contributed by atoms with Gasteiger partial charge in [-0.25, -0.2) is 0 Å². The number of hydrogen-bond donors (Lipinski definition) is 1. The Bertz CT molecular complexity index is 377. The summed E-state index contributed by atoms with van der Waals surface area (Å²) in [4.78, 5) is 12.9. The molecule has 1 aliphatic heterocycles. The van der Waals surface area contributed by atoms with Crippen LogP contribution in [0.2, 0.25) is 0 Å². The lowest BCUT2D eigenvalue weighted by atomic mass is 9.97. The lowest BCUT2D eigenvalue weighted by Crippen LogP contribution is -2.29. The van der Waals surface area contributed by atoms with Gasteiger partial charge in [0.2, 0.25) is 0 Å². The first-order chi connectivity index (χ1) is 8.16. The number of carbonyl (C=O) groups is 1. The Morgan fingerprint density at radius 1 is 1.41 bits per heavy atom. The minimum atomic E-state index is -0.708. The van der Waals surface area contributed by atoms with Crippen LogP contribution in [0.1, 0.15) is 31.2 Å². The summed E-state index contributed by atoms with van der Waals surface area (Å²) < 4.78 is 0. The molecule has 2 atom stereocenters. The van der Waals surface area contributed by atoms with Crippen molar-refractivity contribution in [2.45, 2.75) is 31.7 Å². The molecule has 2 rings (SSSR count). The molecular weight excluding hydrogens is 214 g/mol. The summed E-state index contributed by atoms with van der Waals surface area (Å²) >= 11 is 0. The van der Waals surface area contributed by atoms with Crippen molar-refractivity contribution in [2.24, 2.45) is 0 Å². The van der Waals surface area contributed by atoms with Crippen molar-refractivity contribution in [1.29, 1.82) is 0 Å². The smallest absolute Gasteiger partial charge is 0.304 e. The van der Waals surface area contributed by atoms with Gasteiger partial charge in [0, 0.05) is 19.1 Å². The average Bonchev–Trinajstić information content (AvgIpc) is 2.69. The van der Waals surface area contributed by atoms with E-state index in [1.165, 1.54) is 5.56 Å². The van der Waals surface area contributed by atoms with E-state index in [-0.39, 0.29) is 6.42 Å². The summed E-state index contributed by atoms with van der Waals surface area (Å²) in [6, 6.07) is 11.0. The molecule has 1 N–H and O–H groups in total. The molecule has 1 fully saturated rings. The highest BCUT2D eigenvalue weighted by molar-refractivity contribution is 5.66. The fraction of sp³-hybridized carbons (Fsp3) is 0.500. The van der Waals surface area contributed by atoms with Gasteiger partial charge in [0.25, 0.3) is 0 Å². The highest BCUT2D eigenvalue weighted by Crippen LogP contribution is 2.31. The third-order valence-corrected chi connectivity index (χ3v) is 3.59. The van der Waals surface area contributed by atoms with Crippen LogP contribution >= 0.6 is 0 Å². The van der Waals surface area contributed by atoms with Crippen molar-refractivity contribution in [3.63, 3.8) is 0 Å². The number of hydrogen-bond acceptors (Lipinski definition) is 2. The van der Waals surface area contributed by atoms with Crippen LogP contribution < -0.4 is 0 Å². The highest BCUT2D eigenvalue weighted by Gasteiger charge is 2.29. The van der Waals surface area contributed by atoms with E-state index < -0.39 is 5.97 Å². The van der Waals surface area contributed by atoms with Crippen LogP contribution in [0.3, 0.4) is 0 Å². The molecule has 1 aromatic carbocycles. The minimum Gasteiger partial charge on any atom is -0.481 e. The monoisotopic (exact) mass is 233 g/mol. The molecular formula is C14H19NO2. The molecule has 0 unspecified atom stereocenters. The Kier molecular flexibility index (Phi) is 3.79. The van der Waals surface area contributed by atoms with E-state index in [4.69, 9.17) is 5.11 Å². The maximum absolute atomic E-state index is 10.6. The molecule has 0 aromatic heterocycles. The van der Waals surface area contributed by atoms with Gasteiger partial charge >= 0.3 is 5.97 Å². The number of carboxylic acid groups (broad SMARTS) is 1. The molecule has 17 heavy (non-hydrogen) atoms. The lowest BCUT2D eigenvalue weighted by Gasteiger charge is -2.19. The second-order valence-corrected chi connectivity index (χ2v) is 4.83. The van der Waals surface area contributed by atoms with Crippen LogP contribution in [0.4, 0.5) is 0 Å². The molecule has 3 nitrogen and oxygen atoms in total. The second-order valence-electron chi connectivity index (χ2n) is 4.83. The first-order valence-corrected chi connectivity index (χ1v) is 6.17. The number of likely N-dealkylation sites (tertiary alicyclic amines) is 1. The predicted octanol–water partition coefficient (Wildman–Crippen LogP) is 2.34. The molecule has 0 radical (unpaired) electrons. The molecule has 1 aliphatic rings. The van der Waals surface area contributed by atoms with E-state index in [0.717, 1.165) is 13.0 Å². The standard InChI is InChI=1S/C14H19NO2/c1-11-9-13(12-5-3-2-4-6-12)10-15(11)8-7-14(16)17/h2-6,11,13H,7-10H2,1H3,(H,16,17)/t11-,13+/m0/s1. The van der Waals surface area contributed by atoms with E-state index in [0.29, 0.717) is 18.5 Å². The Morgan fingerprint density at radius 2 is 2.12 bits per heavy atom. The molecule has 0 amide bonds. The van der Waals surface area contributed by atoms with Crippen LogP contribution in [-0.4, -0.2) is 35.1 Å². The normalized spacial score (nSPS) is 25.0. The maximum atomic E-state index is 10.6. The van der Waals surface area contributed by atoms with Gasteiger partial charge in [0.05, 0.1) is 6.42 Å². The number of carboxylic acids is 1. The van der Waals surface area contributed by atoms with Crippen molar-refractivity contribution in [3.05, 3.63) is 35.9 Å². The average molecular weight is 233 g/mol. The molecule has 92 valence electrons. The predicted molar refractivity (Wildman–Crippen MR) is 67.1 cm³/mol. The summed E-state index contributed by atoms with van der Waals surface area (Å²) in [5, 5.41) is 8.72. The maximum Gasteiger partial charge on any atom is 0.304 e. The lowest BCUT2D eigenvalue weighted by molar-refractivity contribution is -0.137. The topological polar surface area (TPSA) is 40.5 Å². The molecule has 0 spiro atoms. The van der Waals surface area contributed by atoms with E-state index >= 15 is 0 Å². The largest absolute Gasteiger partial charge is 0.481 e. The molecule has 1 heterocycles. The zero-order valence-electron chi connectivity index (χ0n) is 10.2. The summed E-state index contributed by atoms with van der Waals surface area (Å²) in [6.45, 7) is 3.84. The van der Waals surface area contributed by atoms with E-state index in [2.05, 4.69) is 36.1 Å². The van der Waals surface area contributed by atoms with Crippen molar-refractivity contribution in [3.8, 4) is 0 Å². The van der Waals surface area contributed by atoms with Gasteiger partial charge in [-0.2, -0.15) is 0 Å². The van der Waals surface area contributed by atoms with Crippen LogP contribution in [-0.2, 0) is 4.79 Å². The van der Waals surface area contributed by atoms with E-state index in [9.17, 15) is 4.79 Å². The zero-order valence-corrected chi connectivity index (χ0v) is 10.2.